The lowest BCUT2D eigenvalue weighted by atomic mass is 9.83. The second kappa shape index (κ2) is 18.4. The Balaban J connectivity index is 1.38. The molecule has 2 aliphatic rings. The molecule has 2 atom stereocenters. The van der Waals surface area contributed by atoms with Crippen LogP contribution in [0, 0.1) is 17.6 Å². The molecule has 262 valence electrons. The molecule has 14 heteroatoms. The highest BCUT2D eigenvalue weighted by molar-refractivity contribution is 5.99. The van der Waals surface area contributed by atoms with Gasteiger partial charge in [0.05, 0.1) is 57.8 Å². The lowest BCUT2D eigenvalue weighted by molar-refractivity contribution is -0.140. The van der Waals surface area contributed by atoms with Crippen molar-refractivity contribution in [3.63, 3.8) is 0 Å². The average molecular weight is 666 g/mol. The summed E-state index contributed by atoms with van der Waals surface area (Å²) in [5.74, 6) is -2.59. The van der Waals surface area contributed by atoms with Gasteiger partial charge in [-0.2, -0.15) is 0 Å². The van der Waals surface area contributed by atoms with Crippen LogP contribution in [0.2, 0.25) is 0 Å². The Bertz CT molecular complexity index is 1330. The van der Waals surface area contributed by atoms with Crippen LogP contribution >= 0.6 is 0 Å². The minimum atomic E-state index is -1.01. The molecular weight excluding hydrogens is 616 g/mol. The summed E-state index contributed by atoms with van der Waals surface area (Å²) in [6, 6.07) is 2.68. The molecule has 12 nitrogen and oxygen atoms in total. The Hall–Kier alpha value is -3.17. The minimum absolute atomic E-state index is 0.0489. The molecule has 0 bridgehead atoms. The third-order valence-electron chi connectivity index (χ3n) is 8.99. The molecule has 0 spiro atoms. The lowest BCUT2D eigenvalue weighted by Gasteiger charge is -2.39. The lowest BCUT2D eigenvalue weighted by Crippen LogP contribution is -2.59. The van der Waals surface area contributed by atoms with Crippen LogP contribution in [0.5, 0.6) is 0 Å². The fraction of sp³-hybridized carbons (Fsp3) is 0.667. The van der Waals surface area contributed by atoms with Crippen LogP contribution in [0.25, 0.3) is 10.9 Å². The van der Waals surface area contributed by atoms with Crippen molar-refractivity contribution in [1.82, 2.24) is 25.0 Å². The number of likely N-dealkylation sites (N-methyl/N-ethyl adjacent to an activating group) is 1. The number of fused-ring (bicyclic) bond motifs is 1. The summed E-state index contributed by atoms with van der Waals surface area (Å²) in [5, 5.41) is 15.0. The predicted octanol–water partition coefficient (Wildman–Crippen LogP) is 1.92. The summed E-state index contributed by atoms with van der Waals surface area (Å²) >= 11 is 0. The van der Waals surface area contributed by atoms with E-state index in [0.717, 1.165) is 44.2 Å². The first-order chi connectivity index (χ1) is 22.7. The molecule has 1 saturated carbocycles. The number of nitrogens with one attached hydrogen (secondary N) is 2. The second-order valence-corrected chi connectivity index (χ2v) is 12.1. The number of aliphatic hydroxyl groups is 1. The van der Waals surface area contributed by atoms with E-state index in [1.165, 1.54) is 0 Å². The van der Waals surface area contributed by atoms with Crippen molar-refractivity contribution in [3.8, 4) is 0 Å². The molecule has 1 saturated heterocycles. The number of nitrogens with zero attached hydrogens (tertiary/aromatic N) is 3. The monoisotopic (exact) mass is 665 g/mol. The SMILES string of the molecule is CN[C@@H](C)C(=O)N[C@H](C(=O)N1CCN(C(=O)c2cc3cc(F)c(F)cc3n2CCOCCOCCOCCO)CC1)C1CCCCC1. The van der Waals surface area contributed by atoms with E-state index in [1.807, 2.05) is 0 Å². The summed E-state index contributed by atoms with van der Waals surface area (Å²) in [5.41, 5.74) is 0.655. The van der Waals surface area contributed by atoms with Gasteiger partial charge >= 0.3 is 0 Å². The number of ether oxygens (including phenoxy) is 3. The van der Waals surface area contributed by atoms with Crippen LogP contribution in [0.1, 0.15) is 49.5 Å². The normalized spacial score (nSPS) is 17.2. The molecular formula is C33H49F2N5O7. The molecule has 0 radical (unpaired) electrons. The van der Waals surface area contributed by atoms with Crippen molar-refractivity contribution in [2.45, 2.75) is 57.7 Å². The number of carbonyl (C=O) groups is 3. The summed E-state index contributed by atoms with van der Waals surface area (Å²) < 4.78 is 46.3. The second-order valence-electron chi connectivity index (χ2n) is 12.1. The van der Waals surface area contributed by atoms with E-state index < -0.39 is 23.7 Å². The summed E-state index contributed by atoms with van der Waals surface area (Å²) in [7, 11) is 1.70. The number of benzene rings is 1. The third kappa shape index (κ3) is 9.92. The van der Waals surface area contributed by atoms with Gasteiger partial charge < -0.3 is 44.3 Å². The number of aliphatic hydroxyl groups excluding tert-OH is 1. The molecule has 1 aliphatic heterocycles. The van der Waals surface area contributed by atoms with Gasteiger partial charge in [0.25, 0.3) is 5.91 Å². The Morgan fingerprint density at radius 3 is 2.11 bits per heavy atom. The van der Waals surface area contributed by atoms with E-state index in [4.69, 9.17) is 19.3 Å². The number of hydrogen-bond donors (Lipinski definition) is 3. The Labute approximate surface area is 274 Å². The fourth-order valence-corrected chi connectivity index (χ4v) is 6.18. The van der Waals surface area contributed by atoms with Crippen molar-refractivity contribution in [3.05, 3.63) is 35.5 Å². The molecule has 0 unspecified atom stereocenters. The quantitative estimate of drug-likeness (QED) is 0.218. The van der Waals surface area contributed by atoms with E-state index in [-0.39, 0.29) is 75.4 Å². The molecule has 2 aromatic rings. The van der Waals surface area contributed by atoms with Gasteiger partial charge in [-0.05, 0) is 44.9 Å². The van der Waals surface area contributed by atoms with Gasteiger partial charge in [-0.25, -0.2) is 8.78 Å². The highest BCUT2D eigenvalue weighted by atomic mass is 19.2. The Morgan fingerprint density at radius 2 is 1.47 bits per heavy atom. The van der Waals surface area contributed by atoms with E-state index in [1.54, 1.807) is 34.4 Å². The number of carbonyl (C=O) groups excluding carboxylic acids is 3. The maximum absolute atomic E-state index is 14.3. The van der Waals surface area contributed by atoms with Crippen molar-refractivity contribution in [1.29, 1.82) is 0 Å². The van der Waals surface area contributed by atoms with E-state index in [0.29, 0.717) is 43.8 Å². The number of amides is 3. The highest BCUT2D eigenvalue weighted by Gasteiger charge is 2.36. The largest absolute Gasteiger partial charge is 0.394 e. The van der Waals surface area contributed by atoms with Gasteiger partial charge in [-0.3, -0.25) is 14.4 Å². The molecule has 2 fully saturated rings. The number of hydrogen-bond acceptors (Lipinski definition) is 8. The van der Waals surface area contributed by atoms with Crippen LogP contribution in [0.3, 0.4) is 0 Å². The standard InChI is InChI=1S/C33H49F2N5O7/c1-23(36-2)31(42)37-30(24-6-4-3-5-7-24)33(44)39-10-8-38(9-11-39)32(43)29-21-25-20-26(34)27(35)22-28(25)40(29)12-14-45-16-18-47-19-17-46-15-13-41/h20-24,30,36,41H,3-19H2,1-2H3,(H,37,42)/t23-,30-/m0/s1. The average Bonchev–Trinajstić information content (AvgIpc) is 3.43. The topological polar surface area (TPSA) is 135 Å². The summed E-state index contributed by atoms with van der Waals surface area (Å²) in [6.07, 6.45) is 4.93. The maximum atomic E-state index is 14.3. The van der Waals surface area contributed by atoms with Crippen molar-refractivity contribution < 1.29 is 42.5 Å². The van der Waals surface area contributed by atoms with Crippen LogP contribution in [-0.2, 0) is 30.3 Å². The summed E-state index contributed by atoms with van der Waals surface area (Å²) in [4.78, 5) is 43.7. The third-order valence-corrected chi connectivity index (χ3v) is 8.99. The van der Waals surface area contributed by atoms with Gasteiger partial charge in [-0.1, -0.05) is 19.3 Å². The first kappa shape index (κ1) is 36.7. The molecule has 1 aromatic carbocycles. The number of halogens is 2. The zero-order chi connectivity index (χ0) is 33.8. The first-order valence-electron chi connectivity index (χ1n) is 16.6. The van der Waals surface area contributed by atoms with Gasteiger partial charge in [0.2, 0.25) is 11.8 Å². The number of rotatable bonds is 17. The molecule has 1 aromatic heterocycles. The van der Waals surface area contributed by atoms with Gasteiger partial charge in [-0.15, -0.1) is 0 Å². The van der Waals surface area contributed by atoms with E-state index in [9.17, 15) is 23.2 Å². The number of aromatic nitrogens is 1. The van der Waals surface area contributed by atoms with Crippen molar-refractivity contribution in [2.24, 2.45) is 5.92 Å². The van der Waals surface area contributed by atoms with E-state index in [2.05, 4.69) is 10.6 Å². The Morgan fingerprint density at radius 1 is 0.872 bits per heavy atom. The van der Waals surface area contributed by atoms with Crippen molar-refractivity contribution >= 4 is 28.6 Å². The molecule has 3 amide bonds. The molecule has 47 heavy (non-hydrogen) atoms. The zero-order valence-corrected chi connectivity index (χ0v) is 27.5. The fourth-order valence-electron chi connectivity index (χ4n) is 6.18. The van der Waals surface area contributed by atoms with Crippen LogP contribution in [0.15, 0.2) is 18.2 Å². The van der Waals surface area contributed by atoms with Crippen molar-refractivity contribution in [2.75, 3.05) is 79.5 Å². The minimum Gasteiger partial charge on any atom is -0.394 e. The number of piperazine rings is 1. The van der Waals surface area contributed by atoms with Gasteiger partial charge in [0.15, 0.2) is 11.6 Å². The van der Waals surface area contributed by atoms with Crippen LogP contribution < -0.4 is 10.6 Å². The smallest absolute Gasteiger partial charge is 0.270 e. The molecule has 3 N–H and O–H groups in total. The highest BCUT2D eigenvalue weighted by Crippen LogP contribution is 2.28. The first-order valence-corrected chi connectivity index (χ1v) is 16.6. The van der Waals surface area contributed by atoms with Crippen LogP contribution in [-0.4, -0.2) is 129 Å². The molecule has 4 rings (SSSR count). The molecule has 1 aliphatic carbocycles. The maximum Gasteiger partial charge on any atom is 0.270 e. The van der Waals surface area contributed by atoms with Gasteiger partial charge in [0.1, 0.15) is 11.7 Å². The zero-order valence-electron chi connectivity index (χ0n) is 27.5. The predicted molar refractivity (Wildman–Crippen MR) is 171 cm³/mol. The Kier molecular flexibility index (Phi) is 14.3. The van der Waals surface area contributed by atoms with E-state index >= 15 is 0 Å². The van der Waals surface area contributed by atoms with Gasteiger partial charge in [0, 0.05) is 44.2 Å². The molecule has 2 heterocycles. The van der Waals surface area contributed by atoms with Crippen LogP contribution in [0.4, 0.5) is 8.78 Å². The summed E-state index contributed by atoms with van der Waals surface area (Å²) in [6.45, 7) is 4.90.